The summed E-state index contributed by atoms with van der Waals surface area (Å²) in [5, 5.41) is 0. The molecule has 1 N–H and O–H groups in total. The summed E-state index contributed by atoms with van der Waals surface area (Å²) in [6.07, 6.45) is 0.985. The minimum absolute atomic E-state index is 0.00219. The molecule has 0 aromatic heterocycles. The lowest BCUT2D eigenvalue weighted by Gasteiger charge is -2.38. The highest BCUT2D eigenvalue weighted by atomic mass is 79.9. The molecular formula is C18H19BrFNO4S. The van der Waals surface area contributed by atoms with Gasteiger partial charge in [0.15, 0.2) is 11.6 Å². The molecule has 3 rings (SSSR count). The van der Waals surface area contributed by atoms with Crippen LogP contribution in [0.3, 0.4) is 0 Å². The van der Waals surface area contributed by atoms with Crippen LogP contribution in [0.25, 0.3) is 0 Å². The smallest absolute Gasteiger partial charge is 0.241 e. The van der Waals surface area contributed by atoms with Crippen molar-refractivity contribution in [2.75, 3.05) is 20.3 Å². The van der Waals surface area contributed by atoms with Crippen LogP contribution in [-0.2, 0) is 20.3 Å². The second-order valence-electron chi connectivity index (χ2n) is 6.10. The van der Waals surface area contributed by atoms with Crippen LogP contribution in [0.4, 0.5) is 4.39 Å². The van der Waals surface area contributed by atoms with Crippen LogP contribution in [-0.4, -0.2) is 28.7 Å². The molecule has 26 heavy (non-hydrogen) atoms. The number of rotatable bonds is 5. The van der Waals surface area contributed by atoms with E-state index in [1.165, 1.54) is 19.2 Å². The molecule has 0 amide bonds. The summed E-state index contributed by atoms with van der Waals surface area (Å²) in [5.41, 5.74) is 0.0512. The number of benzene rings is 2. The van der Waals surface area contributed by atoms with E-state index in [2.05, 4.69) is 20.7 Å². The molecule has 0 saturated carbocycles. The first-order valence-corrected chi connectivity index (χ1v) is 10.4. The average molecular weight is 444 g/mol. The van der Waals surface area contributed by atoms with Crippen LogP contribution in [0, 0.1) is 5.82 Å². The van der Waals surface area contributed by atoms with Crippen molar-refractivity contribution >= 4 is 26.0 Å². The van der Waals surface area contributed by atoms with Crippen LogP contribution in [0.1, 0.15) is 18.4 Å². The lowest BCUT2D eigenvalue weighted by molar-refractivity contribution is 0.0459. The summed E-state index contributed by atoms with van der Waals surface area (Å²) >= 11 is 3.39. The molecule has 0 bridgehead atoms. The monoisotopic (exact) mass is 443 g/mol. The van der Waals surface area contributed by atoms with Gasteiger partial charge in [0.05, 0.1) is 17.5 Å². The number of hydrogen-bond acceptors (Lipinski definition) is 4. The van der Waals surface area contributed by atoms with Crippen molar-refractivity contribution in [1.29, 1.82) is 0 Å². The van der Waals surface area contributed by atoms with Crippen LogP contribution in [0.5, 0.6) is 5.75 Å². The van der Waals surface area contributed by atoms with Crippen molar-refractivity contribution in [2.45, 2.75) is 23.3 Å². The molecule has 0 unspecified atom stereocenters. The van der Waals surface area contributed by atoms with Gasteiger partial charge in [-0.05, 0) is 48.7 Å². The van der Waals surface area contributed by atoms with Gasteiger partial charge in [-0.25, -0.2) is 17.5 Å². The highest BCUT2D eigenvalue weighted by molar-refractivity contribution is 9.10. The first-order chi connectivity index (χ1) is 12.4. The molecule has 1 saturated heterocycles. The molecule has 2 aromatic rings. The van der Waals surface area contributed by atoms with Crippen LogP contribution in [0.2, 0.25) is 0 Å². The van der Waals surface area contributed by atoms with Gasteiger partial charge in [-0.15, -0.1) is 0 Å². The quantitative estimate of drug-likeness (QED) is 0.766. The van der Waals surface area contributed by atoms with Crippen LogP contribution >= 0.6 is 15.9 Å². The van der Waals surface area contributed by atoms with E-state index in [1.807, 2.05) is 24.3 Å². The van der Waals surface area contributed by atoms with Gasteiger partial charge in [-0.1, -0.05) is 28.1 Å². The number of nitrogens with one attached hydrogen (secondary N) is 1. The summed E-state index contributed by atoms with van der Waals surface area (Å²) in [6.45, 7) is 0.880. The van der Waals surface area contributed by atoms with E-state index in [1.54, 1.807) is 0 Å². The molecule has 140 valence electrons. The lowest BCUT2D eigenvalue weighted by Crippen LogP contribution is -2.49. The Balaban J connectivity index is 1.98. The summed E-state index contributed by atoms with van der Waals surface area (Å²) in [5.74, 6) is -0.724. The number of halogens is 2. The number of sulfonamides is 1. The molecule has 0 spiro atoms. The van der Waals surface area contributed by atoms with Gasteiger partial charge in [0.2, 0.25) is 10.0 Å². The van der Waals surface area contributed by atoms with E-state index >= 15 is 0 Å². The lowest BCUT2D eigenvalue weighted by atomic mass is 9.84. The molecule has 1 fully saturated rings. The zero-order valence-corrected chi connectivity index (χ0v) is 16.6. The summed E-state index contributed by atoms with van der Waals surface area (Å²) in [7, 11) is -2.61. The van der Waals surface area contributed by atoms with Gasteiger partial charge in [0, 0.05) is 17.7 Å². The Hall–Kier alpha value is -1.48. The molecular weight excluding hydrogens is 425 g/mol. The van der Waals surface area contributed by atoms with E-state index in [0.29, 0.717) is 26.1 Å². The maximum Gasteiger partial charge on any atom is 0.241 e. The molecule has 5 nitrogen and oxygen atoms in total. The van der Waals surface area contributed by atoms with Crippen molar-refractivity contribution in [1.82, 2.24) is 4.72 Å². The van der Waals surface area contributed by atoms with E-state index in [0.717, 1.165) is 16.1 Å². The number of hydrogen-bond donors (Lipinski definition) is 1. The molecule has 0 aliphatic carbocycles. The summed E-state index contributed by atoms with van der Waals surface area (Å²) in [6, 6.07) is 11.1. The van der Waals surface area contributed by atoms with Crippen molar-refractivity contribution in [2.24, 2.45) is 0 Å². The van der Waals surface area contributed by atoms with E-state index in [4.69, 9.17) is 9.47 Å². The standard InChI is InChI=1S/C18H19BrFNO4S/c1-24-17-7-6-15(12-16(17)20)26(22,23)21-18(8-10-25-11-9-18)13-2-4-14(19)5-3-13/h2-7,12,21H,8-11H2,1H3. The molecule has 1 aliphatic heterocycles. The highest BCUT2D eigenvalue weighted by Crippen LogP contribution is 2.35. The zero-order valence-electron chi connectivity index (χ0n) is 14.2. The topological polar surface area (TPSA) is 64.6 Å². The Morgan fingerprint density at radius 3 is 2.38 bits per heavy atom. The zero-order chi connectivity index (χ0) is 18.8. The Labute approximate surface area is 160 Å². The third kappa shape index (κ3) is 3.93. The number of ether oxygens (including phenoxy) is 2. The van der Waals surface area contributed by atoms with Crippen molar-refractivity contribution in [3.63, 3.8) is 0 Å². The molecule has 1 heterocycles. The molecule has 0 radical (unpaired) electrons. The normalized spacial score (nSPS) is 17.0. The predicted octanol–water partition coefficient (Wildman–Crippen LogP) is 3.58. The van der Waals surface area contributed by atoms with E-state index in [-0.39, 0.29) is 10.6 Å². The maximum absolute atomic E-state index is 14.0. The van der Waals surface area contributed by atoms with Crippen LogP contribution < -0.4 is 9.46 Å². The summed E-state index contributed by atoms with van der Waals surface area (Å²) < 4.78 is 53.8. The van der Waals surface area contributed by atoms with Gasteiger partial charge in [-0.2, -0.15) is 0 Å². The van der Waals surface area contributed by atoms with Crippen molar-refractivity contribution in [3.8, 4) is 5.75 Å². The Bertz CT molecular complexity index is 881. The van der Waals surface area contributed by atoms with E-state index < -0.39 is 21.4 Å². The van der Waals surface area contributed by atoms with Gasteiger partial charge in [-0.3, -0.25) is 0 Å². The second-order valence-corrected chi connectivity index (χ2v) is 8.70. The van der Waals surface area contributed by atoms with Gasteiger partial charge in [0.1, 0.15) is 0 Å². The SMILES string of the molecule is COc1ccc(S(=O)(=O)NC2(c3ccc(Br)cc3)CCOCC2)cc1F. The fraction of sp³-hybridized carbons (Fsp3) is 0.333. The Morgan fingerprint density at radius 2 is 1.81 bits per heavy atom. The van der Waals surface area contributed by atoms with E-state index in [9.17, 15) is 12.8 Å². The Morgan fingerprint density at radius 1 is 1.15 bits per heavy atom. The third-order valence-corrected chi connectivity index (χ3v) is 6.57. The van der Waals surface area contributed by atoms with Crippen molar-refractivity contribution < 1.29 is 22.3 Å². The van der Waals surface area contributed by atoms with Crippen LogP contribution in [0.15, 0.2) is 51.8 Å². The number of methoxy groups -OCH3 is 1. The van der Waals surface area contributed by atoms with Gasteiger partial charge < -0.3 is 9.47 Å². The molecule has 1 aliphatic rings. The Kier molecular flexibility index (Phi) is 5.67. The molecule has 0 atom stereocenters. The first-order valence-electron chi connectivity index (χ1n) is 8.08. The third-order valence-electron chi connectivity index (χ3n) is 4.51. The molecule has 2 aromatic carbocycles. The van der Waals surface area contributed by atoms with Gasteiger partial charge >= 0.3 is 0 Å². The minimum Gasteiger partial charge on any atom is -0.494 e. The maximum atomic E-state index is 14.0. The minimum atomic E-state index is -3.94. The fourth-order valence-electron chi connectivity index (χ4n) is 3.07. The summed E-state index contributed by atoms with van der Waals surface area (Å²) in [4.78, 5) is -0.140. The van der Waals surface area contributed by atoms with Crippen molar-refractivity contribution in [3.05, 3.63) is 58.3 Å². The molecule has 8 heteroatoms. The predicted molar refractivity (Wildman–Crippen MR) is 99.1 cm³/mol. The highest BCUT2D eigenvalue weighted by Gasteiger charge is 2.38. The second kappa shape index (κ2) is 7.64. The fourth-order valence-corrected chi connectivity index (χ4v) is 4.79. The van der Waals surface area contributed by atoms with Gasteiger partial charge in [0.25, 0.3) is 0 Å². The largest absolute Gasteiger partial charge is 0.494 e. The average Bonchev–Trinajstić information content (AvgIpc) is 2.62. The first kappa shape index (κ1) is 19.3.